The number of aryl methyl sites for hydroxylation is 2. The summed E-state index contributed by atoms with van der Waals surface area (Å²) in [4.78, 5) is 12.1. The van der Waals surface area contributed by atoms with Gasteiger partial charge in [-0.1, -0.05) is 41.5 Å². The SMILES string of the molecule is Cc1sc2c(c1C)C(C)(C)c1c-2sc(-c2sc3c(c2C)C(C)(C)C(C)(C)c2c-3sc(C)c2C)c1C. The van der Waals surface area contributed by atoms with Crippen LogP contribution in [0.4, 0.5) is 0 Å². The molecule has 0 saturated carbocycles. The summed E-state index contributed by atoms with van der Waals surface area (Å²) in [5, 5.41) is 0. The Morgan fingerprint density at radius 3 is 1.20 bits per heavy atom. The van der Waals surface area contributed by atoms with Gasteiger partial charge in [-0.15, -0.1) is 45.3 Å². The van der Waals surface area contributed by atoms with Gasteiger partial charge in [0.15, 0.2) is 0 Å². The minimum atomic E-state index is 0.0781. The van der Waals surface area contributed by atoms with Crippen LogP contribution in [-0.4, -0.2) is 0 Å². The molecule has 4 heteroatoms. The maximum atomic E-state index is 2.48. The number of rotatable bonds is 1. The second-order valence-corrected chi connectivity index (χ2v) is 16.9. The lowest BCUT2D eigenvalue weighted by molar-refractivity contribution is 0.299. The molecule has 35 heavy (non-hydrogen) atoms. The van der Waals surface area contributed by atoms with E-state index in [1.54, 1.807) is 22.3 Å². The van der Waals surface area contributed by atoms with Crippen molar-refractivity contribution < 1.29 is 0 Å². The lowest BCUT2D eigenvalue weighted by atomic mass is 9.57. The third kappa shape index (κ3) is 2.68. The average Bonchev–Trinajstić information content (AvgIpc) is 3.48. The van der Waals surface area contributed by atoms with E-state index in [0.29, 0.717) is 0 Å². The Kier molecular flexibility index (Phi) is 4.84. The predicted molar refractivity (Wildman–Crippen MR) is 161 cm³/mol. The van der Waals surface area contributed by atoms with E-state index in [1.807, 2.05) is 22.7 Å². The molecule has 184 valence electrons. The lowest BCUT2D eigenvalue weighted by Gasteiger charge is -2.47. The van der Waals surface area contributed by atoms with Crippen molar-refractivity contribution in [3.05, 3.63) is 54.3 Å². The van der Waals surface area contributed by atoms with E-state index in [0.717, 1.165) is 0 Å². The van der Waals surface area contributed by atoms with E-state index in [9.17, 15) is 0 Å². The van der Waals surface area contributed by atoms with Crippen molar-refractivity contribution in [3.8, 4) is 29.3 Å². The summed E-state index contributed by atoms with van der Waals surface area (Å²) in [6.45, 7) is 28.9. The first-order valence-corrected chi connectivity index (χ1v) is 15.9. The number of fused-ring (bicyclic) bond motifs is 6. The van der Waals surface area contributed by atoms with Crippen LogP contribution in [0.2, 0.25) is 0 Å². The van der Waals surface area contributed by atoms with E-state index in [2.05, 4.69) is 106 Å². The molecule has 4 heterocycles. The zero-order valence-electron chi connectivity index (χ0n) is 23.1. The van der Waals surface area contributed by atoms with Crippen molar-refractivity contribution in [1.29, 1.82) is 0 Å². The normalized spacial score (nSPS) is 18.4. The fourth-order valence-electron chi connectivity index (χ4n) is 7.11. The average molecular weight is 537 g/mol. The van der Waals surface area contributed by atoms with Gasteiger partial charge in [0, 0.05) is 55.3 Å². The van der Waals surface area contributed by atoms with Crippen LogP contribution in [0.25, 0.3) is 29.3 Å². The van der Waals surface area contributed by atoms with Gasteiger partial charge in [0.1, 0.15) is 0 Å². The maximum absolute atomic E-state index is 2.48. The van der Waals surface area contributed by atoms with Gasteiger partial charge in [0.2, 0.25) is 0 Å². The van der Waals surface area contributed by atoms with E-state index in [4.69, 9.17) is 0 Å². The molecular weight excluding hydrogens is 501 g/mol. The molecule has 0 nitrogen and oxygen atoms in total. The maximum Gasteiger partial charge on any atom is 0.0496 e. The van der Waals surface area contributed by atoms with Crippen molar-refractivity contribution in [2.24, 2.45) is 0 Å². The Morgan fingerprint density at radius 2 is 0.686 bits per heavy atom. The van der Waals surface area contributed by atoms with Crippen molar-refractivity contribution in [2.75, 3.05) is 0 Å². The molecule has 0 aliphatic heterocycles. The van der Waals surface area contributed by atoms with Crippen molar-refractivity contribution in [2.45, 2.75) is 99.3 Å². The second-order valence-electron chi connectivity index (χ2n) is 12.4. The quantitative estimate of drug-likeness (QED) is 0.227. The highest BCUT2D eigenvalue weighted by molar-refractivity contribution is 7.29. The van der Waals surface area contributed by atoms with Crippen molar-refractivity contribution in [3.63, 3.8) is 0 Å². The molecule has 4 aromatic heterocycles. The van der Waals surface area contributed by atoms with Gasteiger partial charge < -0.3 is 0 Å². The molecule has 0 aromatic carbocycles. The Morgan fingerprint density at radius 1 is 0.371 bits per heavy atom. The van der Waals surface area contributed by atoms with E-state index >= 15 is 0 Å². The summed E-state index contributed by atoms with van der Waals surface area (Å²) in [6, 6.07) is 0. The number of hydrogen-bond donors (Lipinski definition) is 0. The van der Waals surface area contributed by atoms with Crippen LogP contribution >= 0.6 is 45.3 Å². The minimum Gasteiger partial charge on any atom is -0.139 e. The molecule has 0 saturated heterocycles. The van der Waals surface area contributed by atoms with Crippen LogP contribution in [0.5, 0.6) is 0 Å². The summed E-state index contributed by atoms with van der Waals surface area (Å²) < 4.78 is 0. The summed E-state index contributed by atoms with van der Waals surface area (Å²) in [5.74, 6) is 0. The van der Waals surface area contributed by atoms with Crippen LogP contribution in [0, 0.1) is 41.5 Å². The summed E-state index contributed by atoms with van der Waals surface area (Å²) in [7, 11) is 0. The number of thiophene rings is 4. The molecule has 2 aliphatic rings. The molecule has 0 unspecified atom stereocenters. The molecule has 2 aliphatic carbocycles. The monoisotopic (exact) mass is 536 g/mol. The molecule has 0 N–H and O–H groups in total. The summed E-state index contributed by atoms with van der Waals surface area (Å²) in [5.41, 5.74) is 12.6. The van der Waals surface area contributed by atoms with Gasteiger partial charge >= 0.3 is 0 Å². The van der Waals surface area contributed by atoms with Gasteiger partial charge in [-0.05, 0) is 86.1 Å². The Hall–Kier alpha value is -1.20. The zero-order valence-corrected chi connectivity index (χ0v) is 26.4. The third-order valence-electron chi connectivity index (χ3n) is 9.75. The summed E-state index contributed by atoms with van der Waals surface area (Å²) in [6.07, 6.45) is 0. The van der Waals surface area contributed by atoms with Crippen molar-refractivity contribution >= 4 is 45.3 Å². The van der Waals surface area contributed by atoms with Crippen LogP contribution in [0.1, 0.15) is 95.8 Å². The fourth-order valence-corrected chi connectivity index (χ4v) is 13.2. The highest BCUT2D eigenvalue weighted by Crippen LogP contribution is 2.64. The molecule has 6 rings (SSSR count). The van der Waals surface area contributed by atoms with Crippen LogP contribution in [0.15, 0.2) is 0 Å². The van der Waals surface area contributed by atoms with Gasteiger partial charge in [-0.3, -0.25) is 0 Å². The van der Waals surface area contributed by atoms with Gasteiger partial charge in [0.25, 0.3) is 0 Å². The zero-order chi connectivity index (χ0) is 25.6. The largest absolute Gasteiger partial charge is 0.139 e. The lowest BCUT2D eigenvalue weighted by Crippen LogP contribution is -2.43. The topological polar surface area (TPSA) is 0 Å². The minimum absolute atomic E-state index is 0.0781. The smallest absolute Gasteiger partial charge is 0.0496 e. The summed E-state index contributed by atoms with van der Waals surface area (Å²) >= 11 is 8.15. The Labute approximate surface area is 227 Å². The Bertz CT molecular complexity index is 1570. The molecule has 0 fully saturated rings. The highest BCUT2D eigenvalue weighted by atomic mass is 32.1. The van der Waals surface area contributed by atoms with E-state index in [-0.39, 0.29) is 16.2 Å². The fraction of sp³-hybridized carbons (Fsp3) is 0.484. The van der Waals surface area contributed by atoms with E-state index < -0.39 is 0 Å². The molecule has 0 bridgehead atoms. The molecule has 0 radical (unpaired) electrons. The number of hydrogen-bond acceptors (Lipinski definition) is 4. The molecular formula is C31H36S4. The third-order valence-corrected chi connectivity index (χ3v) is 15.2. The standard InChI is InChI=1S/C31H36S4/c1-13-17(5)32-25-19(13)29(7,8)20-15(3)23(34-26(20)25)24-16(4)22-28(35-24)27-21(14(2)18(6)33-27)30(9,10)31(22,11)12/h1-12H3. The van der Waals surface area contributed by atoms with Gasteiger partial charge in [-0.2, -0.15) is 0 Å². The molecule has 0 atom stereocenters. The predicted octanol–water partition coefficient (Wildman–Crippen LogP) is 11.0. The van der Waals surface area contributed by atoms with Crippen LogP contribution in [-0.2, 0) is 16.2 Å². The van der Waals surface area contributed by atoms with Crippen LogP contribution in [0.3, 0.4) is 0 Å². The van der Waals surface area contributed by atoms with Gasteiger partial charge in [0.05, 0.1) is 0 Å². The molecule has 0 amide bonds. The molecule has 4 aromatic rings. The van der Waals surface area contributed by atoms with Gasteiger partial charge in [-0.25, -0.2) is 0 Å². The Balaban J connectivity index is 1.64. The van der Waals surface area contributed by atoms with E-state index in [1.165, 1.54) is 61.3 Å². The van der Waals surface area contributed by atoms with Crippen molar-refractivity contribution in [1.82, 2.24) is 0 Å². The second kappa shape index (κ2) is 7.01. The first kappa shape index (κ1) is 24.2. The molecule has 0 spiro atoms. The first-order chi connectivity index (χ1) is 16.1. The highest BCUT2D eigenvalue weighted by Gasteiger charge is 2.50. The van der Waals surface area contributed by atoms with Crippen LogP contribution < -0.4 is 0 Å². The first-order valence-electron chi connectivity index (χ1n) is 12.6.